The highest BCUT2D eigenvalue weighted by Crippen LogP contribution is 2.20. The Morgan fingerprint density at radius 2 is 2.20 bits per heavy atom. The fraction of sp³-hybridized carbons (Fsp3) is 0.545. The SMILES string of the molecule is CC(C)n1cc(C(=O)C(C)(C)C#N)cn1. The smallest absolute Gasteiger partial charge is 0.185 e. The summed E-state index contributed by atoms with van der Waals surface area (Å²) in [4.78, 5) is 11.9. The summed E-state index contributed by atoms with van der Waals surface area (Å²) in [6.07, 6.45) is 3.20. The molecule has 0 aromatic carbocycles. The Bertz CT molecular complexity index is 410. The Labute approximate surface area is 89.5 Å². The highest BCUT2D eigenvalue weighted by atomic mass is 16.1. The van der Waals surface area contributed by atoms with Gasteiger partial charge < -0.3 is 0 Å². The largest absolute Gasteiger partial charge is 0.292 e. The van der Waals surface area contributed by atoms with Crippen LogP contribution in [0.1, 0.15) is 44.1 Å². The van der Waals surface area contributed by atoms with Crippen LogP contribution in [0, 0.1) is 16.7 Å². The summed E-state index contributed by atoms with van der Waals surface area (Å²) in [6, 6.07) is 2.21. The first-order valence-electron chi connectivity index (χ1n) is 4.88. The minimum atomic E-state index is -0.981. The van der Waals surface area contributed by atoms with Gasteiger partial charge in [-0.15, -0.1) is 0 Å². The van der Waals surface area contributed by atoms with Crippen LogP contribution < -0.4 is 0 Å². The molecule has 1 aromatic heterocycles. The molecule has 0 saturated carbocycles. The molecule has 0 bridgehead atoms. The van der Waals surface area contributed by atoms with Crippen molar-refractivity contribution in [2.75, 3.05) is 0 Å². The van der Waals surface area contributed by atoms with E-state index in [-0.39, 0.29) is 11.8 Å². The van der Waals surface area contributed by atoms with Crippen LogP contribution in [0.5, 0.6) is 0 Å². The van der Waals surface area contributed by atoms with E-state index in [1.54, 1.807) is 24.7 Å². The number of ketones is 1. The van der Waals surface area contributed by atoms with E-state index in [0.29, 0.717) is 5.56 Å². The number of nitriles is 1. The van der Waals surface area contributed by atoms with Crippen molar-refractivity contribution in [3.05, 3.63) is 18.0 Å². The van der Waals surface area contributed by atoms with E-state index in [1.807, 2.05) is 19.9 Å². The first-order chi connectivity index (χ1) is 6.88. The number of hydrogen-bond donors (Lipinski definition) is 0. The van der Waals surface area contributed by atoms with Crippen LogP contribution in [0.3, 0.4) is 0 Å². The van der Waals surface area contributed by atoms with Crippen molar-refractivity contribution in [1.29, 1.82) is 5.26 Å². The highest BCUT2D eigenvalue weighted by Gasteiger charge is 2.29. The number of aromatic nitrogens is 2. The summed E-state index contributed by atoms with van der Waals surface area (Å²) in [5, 5.41) is 12.9. The topological polar surface area (TPSA) is 58.7 Å². The normalized spacial score (nSPS) is 11.5. The van der Waals surface area contributed by atoms with Gasteiger partial charge in [0.05, 0.1) is 17.8 Å². The van der Waals surface area contributed by atoms with Gasteiger partial charge in [0.25, 0.3) is 0 Å². The third-order valence-corrected chi connectivity index (χ3v) is 2.24. The van der Waals surface area contributed by atoms with Crippen molar-refractivity contribution >= 4 is 5.78 Å². The summed E-state index contributed by atoms with van der Waals surface area (Å²) in [6.45, 7) is 7.19. The first kappa shape index (κ1) is 11.4. The predicted molar refractivity (Wildman–Crippen MR) is 56.3 cm³/mol. The molecule has 15 heavy (non-hydrogen) atoms. The average molecular weight is 205 g/mol. The standard InChI is InChI=1S/C11H15N3O/c1-8(2)14-6-9(5-13-14)10(15)11(3,4)7-12/h5-6,8H,1-4H3. The Balaban J connectivity index is 2.99. The zero-order valence-corrected chi connectivity index (χ0v) is 9.48. The fourth-order valence-corrected chi connectivity index (χ4v) is 1.15. The van der Waals surface area contributed by atoms with E-state index in [1.165, 1.54) is 6.20 Å². The Morgan fingerprint density at radius 3 is 2.60 bits per heavy atom. The van der Waals surface area contributed by atoms with Gasteiger partial charge in [-0.25, -0.2) is 0 Å². The summed E-state index contributed by atoms with van der Waals surface area (Å²) in [5.41, 5.74) is -0.486. The van der Waals surface area contributed by atoms with Crippen molar-refractivity contribution in [2.45, 2.75) is 33.7 Å². The highest BCUT2D eigenvalue weighted by molar-refractivity contribution is 6.01. The maximum Gasteiger partial charge on any atom is 0.185 e. The van der Waals surface area contributed by atoms with Gasteiger partial charge in [-0.1, -0.05) is 0 Å². The van der Waals surface area contributed by atoms with Crippen molar-refractivity contribution in [1.82, 2.24) is 9.78 Å². The van der Waals surface area contributed by atoms with Gasteiger partial charge in [0, 0.05) is 12.2 Å². The molecular weight excluding hydrogens is 190 g/mol. The van der Waals surface area contributed by atoms with Gasteiger partial charge in [-0.05, 0) is 27.7 Å². The average Bonchev–Trinajstić information content (AvgIpc) is 2.65. The second kappa shape index (κ2) is 3.85. The molecule has 0 atom stereocenters. The van der Waals surface area contributed by atoms with E-state index >= 15 is 0 Å². The minimum absolute atomic E-state index is 0.183. The van der Waals surface area contributed by atoms with E-state index in [9.17, 15) is 4.79 Å². The molecule has 0 aliphatic heterocycles. The molecule has 0 N–H and O–H groups in total. The third-order valence-electron chi connectivity index (χ3n) is 2.24. The number of carbonyl (C=O) groups is 1. The summed E-state index contributed by atoms with van der Waals surface area (Å²) in [5.74, 6) is -0.183. The summed E-state index contributed by atoms with van der Waals surface area (Å²) >= 11 is 0. The molecule has 0 fully saturated rings. The summed E-state index contributed by atoms with van der Waals surface area (Å²) in [7, 11) is 0. The van der Waals surface area contributed by atoms with E-state index in [2.05, 4.69) is 5.10 Å². The molecule has 0 spiro atoms. The van der Waals surface area contributed by atoms with Crippen molar-refractivity contribution in [3.63, 3.8) is 0 Å². The van der Waals surface area contributed by atoms with Gasteiger partial charge >= 0.3 is 0 Å². The molecule has 1 heterocycles. The van der Waals surface area contributed by atoms with E-state index in [0.717, 1.165) is 0 Å². The lowest BCUT2D eigenvalue weighted by molar-refractivity contribution is 0.0892. The first-order valence-corrected chi connectivity index (χ1v) is 4.88. The van der Waals surface area contributed by atoms with Crippen molar-refractivity contribution in [3.8, 4) is 6.07 Å². The lowest BCUT2D eigenvalue weighted by atomic mass is 9.87. The Morgan fingerprint density at radius 1 is 1.60 bits per heavy atom. The van der Waals surface area contributed by atoms with Crippen LogP contribution in [0.4, 0.5) is 0 Å². The number of hydrogen-bond acceptors (Lipinski definition) is 3. The minimum Gasteiger partial charge on any atom is -0.292 e. The maximum absolute atomic E-state index is 11.9. The van der Waals surface area contributed by atoms with E-state index in [4.69, 9.17) is 5.26 Å². The Hall–Kier alpha value is -1.63. The van der Waals surface area contributed by atoms with Crippen LogP contribution in [0.25, 0.3) is 0 Å². The molecule has 0 radical (unpaired) electrons. The van der Waals surface area contributed by atoms with Crippen molar-refractivity contribution < 1.29 is 4.79 Å². The second-order valence-corrected chi connectivity index (χ2v) is 4.37. The quantitative estimate of drug-likeness (QED) is 0.711. The maximum atomic E-state index is 11.9. The third kappa shape index (κ3) is 2.24. The molecule has 0 aliphatic carbocycles. The van der Waals surface area contributed by atoms with Gasteiger partial charge in [0.1, 0.15) is 5.41 Å². The van der Waals surface area contributed by atoms with E-state index < -0.39 is 5.41 Å². The van der Waals surface area contributed by atoms with Gasteiger partial charge in [-0.2, -0.15) is 10.4 Å². The zero-order valence-electron chi connectivity index (χ0n) is 9.48. The van der Waals surface area contributed by atoms with Crippen LogP contribution in [-0.4, -0.2) is 15.6 Å². The molecule has 4 heteroatoms. The molecule has 1 rings (SSSR count). The van der Waals surface area contributed by atoms with Gasteiger partial charge in [-0.3, -0.25) is 9.48 Å². The molecule has 4 nitrogen and oxygen atoms in total. The molecule has 0 saturated heterocycles. The fourth-order valence-electron chi connectivity index (χ4n) is 1.15. The summed E-state index contributed by atoms with van der Waals surface area (Å²) < 4.78 is 1.71. The number of rotatable bonds is 3. The van der Waals surface area contributed by atoms with Gasteiger partial charge in [0.2, 0.25) is 0 Å². The lowest BCUT2D eigenvalue weighted by Crippen LogP contribution is -2.21. The number of carbonyl (C=O) groups excluding carboxylic acids is 1. The monoisotopic (exact) mass is 205 g/mol. The van der Waals surface area contributed by atoms with Crippen LogP contribution in [0.15, 0.2) is 12.4 Å². The number of Topliss-reactive ketones (excluding diaryl/α,β-unsaturated/α-hetero) is 1. The molecule has 0 aliphatic rings. The molecule has 0 amide bonds. The van der Waals surface area contributed by atoms with Crippen LogP contribution >= 0.6 is 0 Å². The van der Waals surface area contributed by atoms with Crippen LogP contribution in [0.2, 0.25) is 0 Å². The molecule has 80 valence electrons. The molecule has 1 aromatic rings. The molecular formula is C11H15N3O. The lowest BCUT2D eigenvalue weighted by Gasteiger charge is -2.11. The van der Waals surface area contributed by atoms with Crippen molar-refractivity contribution in [2.24, 2.45) is 5.41 Å². The molecule has 0 unspecified atom stereocenters. The van der Waals surface area contributed by atoms with Gasteiger partial charge in [0.15, 0.2) is 5.78 Å². The second-order valence-electron chi connectivity index (χ2n) is 4.37. The predicted octanol–water partition coefficient (Wildman–Crippen LogP) is 2.20. The van der Waals surface area contributed by atoms with Crippen LogP contribution in [-0.2, 0) is 0 Å². The Kier molecular flexibility index (Phi) is 2.94. The zero-order chi connectivity index (χ0) is 11.6. The number of nitrogens with zero attached hydrogens (tertiary/aromatic N) is 3.